The fourth-order valence-electron chi connectivity index (χ4n) is 3.83. The summed E-state index contributed by atoms with van der Waals surface area (Å²) >= 11 is 1.75. The van der Waals surface area contributed by atoms with E-state index in [0.717, 1.165) is 11.1 Å². The molecule has 5 rings (SSSR count). The number of benzene rings is 2. The lowest BCUT2D eigenvalue weighted by Crippen LogP contribution is -2.37. The van der Waals surface area contributed by atoms with Crippen molar-refractivity contribution < 1.29 is 14.2 Å². The van der Waals surface area contributed by atoms with Crippen LogP contribution in [0.3, 0.4) is 0 Å². The second kappa shape index (κ2) is 8.63. The van der Waals surface area contributed by atoms with Crippen molar-refractivity contribution in [3.8, 4) is 6.01 Å². The Balaban J connectivity index is 1.30. The largest absolute Gasteiger partial charge is 0.455 e. The van der Waals surface area contributed by atoms with Crippen LogP contribution >= 0.6 is 11.8 Å². The van der Waals surface area contributed by atoms with Crippen molar-refractivity contribution in [3.63, 3.8) is 0 Å². The predicted octanol–water partition coefficient (Wildman–Crippen LogP) is 3.42. The number of rotatable bonds is 7. The number of aromatic nitrogens is 2. The van der Waals surface area contributed by atoms with Crippen LogP contribution in [0.2, 0.25) is 0 Å². The summed E-state index contributed by atoms with van der Waals surface area (Å²) in [4.78, 5) is 15.6. The van der Waals surface area contributed by atoms with Gasteiger partial charge in [-0.15, -0.1) is 11.8 Å². The van der Waals surface area contributed by atoms with Gasteiger partial charge in [-0.2, -0.15) is 4.98 Å². The lowest BCUT2D eigenvalue weighted by atomic mass is 10.1. The van der Waals surface area contributed by atoms with Gasteiger partial charge in [0, 0.05) is 12.3 Å². The van der Waals surface area contributed by atoms with Crippen molar-refractivity contribution in [2.45, 2.75) is 36.0 Å². The summed E-state index contributed by atoms with van der Waals surface area (Å²) in [5.41, 5.74) is 1.96. The van der Waals surface area contributed by atoms with Crippen molar-refractivity contribution in [2.24, 2.45) is 0 Å². The molecule has 0 bridgehead atoms. The summed E-state index contributed by atoms with van der Waals surface area (Å²) in [5, 5.41) is 0.124. The van der Waals surface area contributed by atoms with Crippen LogP contribution < -0.4 is 10.3 Å². The molecule has 154 valence electrons. The average Bonchev–Trinajstić information content (AvgIpc) is 3.29. The Morgan fingerprint density at radius 2 is 1.67 bits per heavy atom. The van der Waals surface area contributed by atoms with E-state index in [1.54, 1.807) is 18.0 Å². The topological polar surface area (TPSA) is 62.6 Å². The molecule has 7 heteroatoms. The first-order valence-electron chi connectivity index (χ1n) is 9.96. The fraction of sp³-hybridized carbons (Fsp3) is 0.304. The summed E-state index contributed by atoms with van der Waals surface area (Å²) in [5.74, 6) is 0. The van der Waals surface area contributed by atoms with E-state index >= 15 is 0 Å². The minimum atomic E-state index is -0.296. The van der Waals surface area contributed by atoms with Gasteiger partial charge in [-0.3, -0.25) is 9.36 Å². The minimum absolute atomic E-state index is 0.0131. The molecule has 0 N–H and O–H groups in total. The van der Waals surface area contributed by atoms with Crippen LogP contribution in [-0.4, -0.2) is 33.6 Å². The summed E-state index contributed by atoms with van der Waals surface area (Å²) in [6.07, 6.45) is 1.37. The number of hydrogen-bond acceptors (Lipinski definition) is 6. The predicted molar refractivity (Wildman–Crippen MR) is 114 cm³/mol. The standard InChI is InChI=1S/C23H22N2O4S/c26-19-11-12-25-22-21(29-23(25)24-19)20(28-14-17-9-5-2-6-10-17)18(30-22)15-27-13-16-7-3-1-4-8-16/h1-12,18,20-22H,13-15H2/t18-,20-,21+,22-/m1/s1. The van der Waals surface area contributed by atoms with E-state index in [-0.39, 0.29) is 28.4 Å². The highest BCUT2D eigenvalue weighted by Crippen LogP contribution is 2.49. The van der Waals surface area contributed by atoms with Crippen LogP contribution in [0.25, 0.3) is 0 Å². The lowest BCUT2D eigenvalue weighted by molar-refractivity contribution is -0.0360. The third-order valence-corrected chi connectivity index (χ3v) is 6.81. The Hall–Kier alpha value is -2.61. The molecule has 3 aromatic rings. The van der Waals surface area contributed by atoms with E-state index in [2.05, 4.69) is 17.1 Å². The number of ether oxygens (including phenoxy) is 3. The van der Waals surface area contributed by atoms with Gasteiger partial charge in [0.15, 0.2) is 6.10 Å². The highest BCUT2D eigenvalue weighted by atomic mass is 32.2. The molecule has 0 unspecified atom stereocenters. The van der Waals surface area contributed by atoms with Crippen molar-refractivity contribution in [3.05, 3.63) is 94.4 Å². The summed E-state index contributed by atoms with van der Waals surface area (Å²) < 4.78 is 20.3. The summed E-state index contributed by atoms with van der Waals surface area (Å²) in [6, 6.07) is 22.1. The van der Waals surface area contributed by atoms with Crippen molar-refractivity contribution in [1.29, 1.82) is 0 Å². The van der Waals surface area contributed by atoms with E-state index in [1.807, 2.05) is 53.1 Å². The maximum atomic E-state index is 11.6. The zero-order valence-electron chi connectivity index (χ0n) is 16.3. The van der Waals surface area contributed by atoms with Gasteiger partial charge in [0.05, 0.1) is 25.1 Å². The molecule has 4 atom stereocenters. The van der Waals surface area contributed by atoms with Crippen LogP contribution in [0.1, 0.15) is 16.5 Å². The van der Waals surface area contributed by atoms with Crippen molar-refractivity contribution in [2.75, 3.05) is 6.61 Å². The third kappa shape index (κ3) is 4.01. The Morgan fingerprint density at radius 3 is 2.40 bits per heavy atom. The average molecular weight is 423 g/mol. The summed E-state index contributed by atoms with van der Waals surface area (Å²) in [6.45, 7) is 1.61. The molecule has 1 saturated heterocycles. The smallest absolute Gasteiger partial charge is 0.301 e. The minimum Gasteiger partial charge on any atom is -0.455 e. The van der Waals surface area contributed by atoms with Gasteiger partial charge >= 0.3 is 6.01 Å². The van der Waals surface area contributed by atoms with Crippen molar-refractivity contribution in [1.82, 2.24) is 9.55 Å². The zero-order chi connectivity index (χ0) is 20.3. The molecule has 0 aliphatic carbocycles. The molecule has 2 aliphatic heterocycles. The molecule has 1 aromatic heterocycles. The van der Waals surface area contributed by atoms with Crippen LogP contribution in [0.15, 0.2) is 77.7 Å². The van der Waals surface area contributed by atoms with Crippen LogP contribution in [0.4, 0.5) is 0 Å². The molecule has 0 amide bonds. The molecule has 2 aromatic carbocycles. The fourth-order valence-corrected chi connectivity index (χ4v) is 5.40. The van der Waals surface area contributed by atoms with Gasteiger partial charge in [-0.05, 0) is 11.1 Å². The summed E-state index contributed by atoms with van der Waals surface area (Å²) in [7, 11) is 0. The first-order valence-corrected chi connectivity index (χ1v) is 10.9. The van der Waals surface area contributed by atoms with Gasteiger partial charge in [-0.25, -0.2) is 0 Å². The lowest BCUT2D eigenvalue weighted by Gasteiger charge is -2.23. The maximum Gasteiger partial charge on any atom is 0.301 e. The van der Waals surface area contributed by atoms with Crippen molar-refractivity contribution >= 4 is 11.8 Å². The maximum absolute atomic E-state index is 11.6. The molecule has 2 aliphatic rings. The number of thioether (sulfide) groups is 1. The first-order chi connectivity index (χ1) is 14.8. The molecule has 0 saturated carbocycles. The quantitative estimate of drug-likeness (QED) is 0.581. The Kier molecular flexibility index (Phi) is 5.57. The Bertz CT molecular complexity index is 1040. The molecule has 6 nitrogen and oxygen atoms in total. The van der Waals surface area contributed by atoms with E-state index in [1.165, 1.54) is 6.07 Å². The normalized spacial score (nSPS) is 24.3. The number of nitrogens with zero attached hydrogens (tertiary/aromatic N) is 2. The molecule has 1 fully saturated rings. The molecular formula is C23H22N2O4S. The molecule has 30 heavy (non-hydrogen) atoms. The zero-order valence-corrected chi connectivity index (χ0v) is 17.1. The van der Waals surface area contributed by atoms with Gasteiger partial charge in [-0.1, -0.05) is 60.7 Å². The van der Waals surface area contributed by atoms with E-state index in [9.17, 15) is 4.79 Å². The second-order valence-corrected chi connectivity index (χ2v) is 8.73. The van der Waals surface area contributed by atoms with E-state index < -0.39 is 0 Å². The SMILES string of the molecule is O=c1ccn2c(n1)O[C@H]1[C@H](OCc3ccccc3)[C@@H](COCc3ccccc3)S[C@H]12. The third-order valence-electron chi connectivity index (χ3n) is 5.28. The Labute approximate surface area is 178 Å². The van der Waals surface area contributed by atoms with Gasteiger partial charge < -0.3 is 14.2 Å². The molecule has 3 heterocycles. The number of fused-ring (bicyclic) bond motifs is 3. The van der Waals surface area contributed by atoms with E-state index in [0.29, 0.717) is 25.8 Å². The number of hydrogen-bond donors (Lipinski definition) is 0. The van der Waals surface area contributed by atoms with E-state index in [4.69, 9.17) is 14.2 Å². The highest BCUT2D eigenvalue weighted by Gasteiger charge is 2.52. The van der Waals surface area contributed by atoms with Gasteiger partial charge in [0.25, 0.3) is 5.56 Å². The van der Waals surface area contributed by atoms with Crippen LogP contribution in [0, 0.1) is 0 Å². The van der Waals surface area contributed by atoms with Crippen LogP contribution in [-0.2, 0) is 22.7 Å². The second-order valence-electron chi connectivity index (χ2n) is 7.37. The molecular weight excluding hydrogens is 400 g/mol. The highest BCUT2D eigenvalue weighted by molar-refractivity contribution is 8.00. The molecule has 0 radical (unpaired) electrons. The Morgan fingerprint density at radius 1 is 0.967 bits per heavy atom. The first kappa shape index (κ1) is 19.4. The van der Waals surface area contributed by atoms with Gasteiger partial charge in [0.2, 0.25) is 0 Å². The molecule has 0 spiro atoms. The van der Waals surface area contributed by atoms with Gasteiger partial charge in [0.1, 0.15) is 11.5 Å². The monoisotopic (exact) mass is 422 g/mol. The van der Waals surface area contributed by atoms with Crippen LogP contribution in [0.5, 0.6) is 6.01 Å².